The second-order valence-corrected chi connectivity index (χ2v) is 6.57. The number of carbonyl (C=O) groups is 1. The highest BCUT2D eigenvalue weighted by atomic mass is 16.1. The Morgan fingerprint density at radius 2 is 2.21 bits per heavy atom. The van der Waals surface area contributed by atoms with Crippen LogP contribution in [0, 0.1) is 5.41 Å². The number of likely N-dealkylation sites (tertiary alicyclic amines) is 1. The molecule has 1 fully saturated rings. The maximum atomic E-state index is 10.9. The molecule has 2 heteroatoms. The molecule has 1 aliphatic heterocycles. The van der Waals surface area contributed by atoms with Crippen LogP contribution in [0.15, 0.2) is 23.8 Å². The summed E-state index contributed by atoms with van der Waals surface area (Å²) >= 11 is 0. The standard InChI is InChI=1S/C17H27NO/c1-4-7-14-8-5-10-17(2,3)16(14)15-9-6-11-18(15)12-13-19/h4,13,15H,1,5-12H2,2-3H3. The van der Waals surface area contributed by atoms with Crippen LogP contribution in [0.2, 0.25) is 0 Å². The fourth-order valence-corrected chi connectivity index (χ4v) is 4.03. The highest BCUT2D eigenvalue weighted by Gasteiger charge is 2.38. The molecule has 0 radical (unpaired) electrons. The fourth-order valence-electron chi connectivity index (χ4n) is 4.03. The van der Waals surface area contributed by atoms with Crippen LogP contribution in [0.3, 0.4) is 0 Å². The van der Waals surface area contributed by atoms with Gasteiger partial charge in [0.15, 0.2) is 0 Å². The largest absolute Gasteiger partial charge is 0.302 e. The highest BCUT2D eigenvalue weighted by Crippen LogP contribution is 2.46. The zero-order valence-electron chi connectivity index (χ0n) is 12.5. The quantitative estimate of drug-likeness (QED) is 0.555. The van der Waals surface area contributed by atoms with E-state index in [0.29, 0.717) is 12.6 Å². The van der Waals surface area contributed by atoms with Gasteiger partial charge in [-0.15, -0.1) is 6.58 Å². The third-order valence-corrected chi connectivity index (χ3v) is 4.79. The van der Waals surface area contributed by atoms with E-state index in [1.807, 2.05) is 6.08 Å². The minimum absolute atomic E-state index is 0.284. The van der Waals surface area contributed by atoms with Gasteiger partial charge >= 0.3 is 0 Å². The zero-order chi connectivity index (χ0) is 13.9. The van der Waals surface area contributed by atoms with Crippen molar-refractivity contribution < 1.29 is 4.79 Å². The molecule has 1 atom stereocenters. The molecule has 1 saturated heterocycles. The van der Waals surface area contributed by atoms with E-state index in [4.69, 9.17) is 0 Å². The maximum absolute atomic E-state index is 10.9. The molecule has 0 aromatic rings. The molecule has 0 bridgehead atoms. The van der Waals surface area contributed by atoms with E-state index in [1.54, 1.807) is 11.1 Å². The van der Waals surface area contributed by atoms with Crippen LogP contribution in [-0.2, 0) is 4.79 Å². The molecule has 1 unspecified atom stereocenters. The third-order valence-electron chi connectivity index (χ3n) is 4.79. The average Bonchev–Trinajstić information content (AvgIpc) is 2.77. The first kappa shape index (κ1) is 14.5. The van der Waals surface area contributed by atoms with Crippen molar-refractivity contribution in [1.29, 1.82) is 0 Å². The Morgan fingerprint density at radius 1 is 1.42 bits per heavy atom. The molecule has 2 nitrogen and oxygen atoms in total. The first-order valence-corrected chi connectivity index (χ1v) is 7.61. The summed E-state index contributed by atoms with van der Waals surface area (Å²) in [4.78, 5) is 13.3. The Hall–Kier alpha value is -0.890. The Balaban J connectivity index is 2.34. The Bertz CT molecular complexity index is 381. The van der Waals surface area contributed by atoms with E-state index in [0.717, 1.165) is 19.3 Å². The van der Waals surface area contributed by atoms with Crippen molar-refractivity contribution in [2.24, 2.45) is 5.41 Å². The van der Waals surface area contributed by atoms with Gasteiger partial charge < -0.3 is 4.79 Å². The van der Waals surface area contributed by atoms with E-state index in [-0.39, 0.29) is 5.41 Å². The molecule has 0 aromatic heterocycles. The number of nitrogens with zero attached hydrogens (tertiary/aromatic N) is 1. The summed E-state index contributed by atoms with van der Waals surface area (Å²) in [5, 5.41) is 0. The summed E-state index contributed by atoms with van der Waals surface area (Å²) < 4.78 is 0. The second kappa shape index (κ2) is 6.04. The van der Waals surface area contributed by atoms with Crippen molar-refractivity contribution >= 4 is 6.29 Å². The van der Waals surface area contributed by atoms with Gasteiger partial charge in [-0.25, -0.2) is 0 Å². The Labute approximate surface area is 117 Å². The fraction of sp³-hybridized carbons (Fsp3) is 0.706. The molecule has 2 aliphatic rings. The predicted octanol–water partition coefficient (Wildman–Crippen LogP) is 3.73. The lowest BCUT2D eigenvalue weighted by Gasteiger charge is -2.41. The van der Waals surface area contributed by atoms with Gasteiger partial charge in [-0.05, 0) is 56.1 Å². The summed E-state index contributed by atoms with van der Waals surface area (Å²) in [6.07, 6.45) is 10.3. The van der Waals surface area contributed by atoms with E-state index < -0.39 is 0 Å². The summed E-state index contributed by atoms with van der Waals surface area (Å²) in [5.41, 5.74) is 3.50. The molecule has 106 valence electrons. The smallest absolute Gasteiger partial charge is 0.134 e. The van der Waals surface area contributed by atoms with E-state index in [1.165, 1.54) is 32.1 Å². The number of hydrogen-bond acceptors (Lipinski definition) is 2. The monoisotopic (exact) mass is 261 g/mol. The van der Waals surface area contributed by atoms with Gasteiger partial charge in [0.1, 0.15) is 6.29 Å². The Kier molecular flexibility index (Phi) is 4.62. The maximum Gasteiger partial charge on any atom is 0.134 e. The highest BCUT2D eigenvalue weighted by molar-refractivity contribution is 5.52. The summed E-state index contributed by atoms with van der Waals surface area (Å²) in [5.74, 6) is 0. The van der Waals surface area contributed by atoms with E-state index in [9.17, 15) is 4.79 Å². The first-order chi connectivity index (χ1) is 9.10. The van der Waals surface area contributed by atoms with Crippen LogP contribution in [0.1, 0.15) is 52.4 Å². The SMILES string of the molecule is C=CCC1=C(C2CCCN2CC=O)C(C)(C)CCC1. The number of allylic oxidation sites excluding steroid dienone is 2. The average molecular weight is 261 g/mol. The van der Waals surface area contributed by atoms with Gasteiger partial charge in [0.05, 0.1) is 6.54 Å². The van der Waals surface area contributed by atoms with Crippen molar-refractivity contribution in [3.63, 3.8) is 0 Å². The molecule has 0 amide bonds. The molecule has 0 N–H and O–H groups in total. The lowest BCUT2D eigenvalue weighted by atomic mass is 9.68. The topological polar surface area (TPSA) is 20.3 Å². The molecule has 19 heavy (non-hydrogen) atoms. The first-order valence-electron chi connectivity index (χ1n) is 7.61. The predicted molar refractivity (Wildman–Crippen MR) is 80.1 cm³/mol. The molecule has 0 spiro atoms. The number of hydrogen-bond donors (Lipinski definition) is 0. The van der Waals surface area contributed by atoms with Crippen molar-refractivity contribution in [3.05, 3.63) is 23.8 Å². The van der Waals surface area contributed by atoms with Crippen LogP contribution in [0.25, 0.3) is 0 Å². The molecule has 0 aromatic carbocycles. The minimum atomic E-state index is 0.284. The lowest BCUT2D eigenvalue weighted by molar-refractivity contribution is -0.109. The molecule has 2 rings (SSSR count). The van der Waals surface area contributed by atoms with E-state index >= 15 is 0 Å². The minimum Gasteiger partial charge on any atom is -0.302 e. The van der Waals surface area contributed by atoms with Crippen LogP contribution in [0.5, 0.6) is 0 Å². The number of aldehydes is 1. The summed E-state index contributed by atoms with van der Waals surface area (Å²) in [7, 11) is 0. The summed E-state index contributed by atoms with van der Waals surface area (Å²) in [6, 6.07) is 0.496. The molecular weight excluding hydrogens is 234 g/mol. The van der Waals surface area contributed by atoms with Gasteiger partial charge in [0, 0.05) is 6.04 Å². The van der Waals surface area contributed by atoms with Crippen LogP contribution in [-0.4, -0.2) is 30.3 Å². The van der Waals surface area contributed by atoms with Crippen LogP contribution >= 0.6 is 0 Å². The molecular formula is C17H27NO. The number of rotatable bonds is 5. The molecule has 1 aliphatic carbocycles. The number of carbonyl (C=O) groups excluding carboxylic acids is 1. The molecule has 1 heterocycles. The van der Waals surface area contributed by atoms with Gasteiger partial charge in [0.25, 0.3) is 0 Å². The normalized spacial score (nSPS) is 27.6. The van der Waals surface area contributed by atoms with Crippen molar-refractivity contribution in [3.8, 4) is 0 Å². The van der Waals surface area contributed by atoms with Gasteiger partial charge in [-0.1, -0.05) is 25.5 Å². The van der Waals surface area contributed by atoms with Gasteiger partial charge in [0.2, 0.25) is 0 Å². The zero-order valence-corrected chi connectivity index (χ0v) is 12.5. The lowest BCUT2D eigenvalue weighted by Crippen LogP contribution is -2.39. The van der Waals surface area contributed by atoms with Crippen LogP contribution in [0.4, 0.5) is 0 Å². The van der Waals surface area contributed by atoms with Gasteiger partial charge in [-0.3, -0.25) is 4.90 Å². The van der Waals surface area contributed by atoms with E-state index in [2.05, 4.69) is 25.3 Å². The van der Waals surface area contributed by atoms with Crippen molar-refractivity contribution in [1.82, 2.24) is 4.90 Å². The van der Waals surface area contributed by atoms with Crippen molar-refractivity contribution in [2.45, 2.75) is 58.4 Å². The molecule has 0 saturated carbocycles. The second-order valence-electron chi connectivity index (χ2n) is 6.57. The van der Waals surface area contributed by atoms with Gasteiger partial charge in [-0.2, -0.15) is 0 Å². The van der Waals surface area contributed by atoms with Crippen molar-refractivity contribution in [2.75, 3.05) is 13.1 Å². The Morgan fingerprint density at radius 3 is 2.89 bits per heavy atom. The summed E-state index contributed by atoms with van der Waals surface area (Å²) in [6.45, 7) is 10.3. The van der Waals surface area contributed by atoms with Crippen LogP contribution < -0.4 is 0 Å². The third kappa shape index (κ3) is 3.00.